The molecule has 0 saturated carbocycles. The molecular weight excluding hydrogens is 186 g/mol. The molecule has 3 heteroatoms. The monoisotopic (exact) mass is 205 g/mol. The molecule has 82 valence electrons. The summed E-state index contributed by atoms with van der Waals surface area (Å²) in [5, 5.41) is 0. The maximum atomic E-state index is 4.38. The van der Waals surface area contributed by atoms with E-state index in [1.807, 2.05) is 6.92 Å². The second-order valence-corrected chi connectivity index (χ2v) is 4.55. The minimum Gasteiger partial charge on any atom is -0.351 e. The molecule has 1 aliphatic heterocycles. The summed E-state index contributed by atoms with van der Waals surface area (Å²) in [7, 11) is 0. The van der Waals surface area contributed by atoms with Crippen LogP contribution in [0.25, 0.3) is 0 Å². The van der Waals surface area contributed by atoms with Crippen LogP contribution in [-0.4, -0.2) is 22.1 Å². The number of hydrogen-bond acceptors (Lipinski definition) is 3. The van der Waals surface area contributed by atoms with Crippen LogP contribution < -0.4 is 4.90 Å². The van der Waals surface area contributed by atoms with Gasteiger partial charge in [0.25, 0.3) is 0 Å². The van der Waals surface area contributed by atoms with E-state index in [4.69, 9.17) is 0 Å². The molecule has 1 saturated heterocycles. The Morgan fingerprint density at radius 1 is 1.20 bits per heavy atom. The van der Waals surface area contributed by atoms with Crippen molar-refractivity contribution in [3.8, 4) is 0 Å². The lowest BCUT2D eigenvalue weighted by molar-refractivity contribution is 0.411. The third-order valence-electron chi connectivity index (χ3n) is 3.25. The van der Waals surface area contributed by atoms with Gasteiger partial charge in [-0.3, -0.25) is 0 Å². The van der Waals surface area contributed by atoms with E-state index in [1.165, 1.54) is 19.3 Å². The molecule has 0 amide bonds. The highest BCUT2D eigenvalue weighted by Crippen LogP contribution is 2.27. The second-order valence-electron chi connectivity index (χ2n) is 4.55. The van der Waals surface area contributed by atoms with Gasteiger partial charge in [-0.05, 0) is 40.0 Å². The van der Waals surface area contributed by atoms with E-state index >= 15 is 0 Å². The van der Waals surface area contributed by atoms with E-state index in [9.17, 15) is 0 Å². The first-order valence-electron chi connectivity index (χ1n) is 5.75. The molecule has 1 aromatic heterocycles. The summed E-state index contributed by atoms with van der Waals surface area (Å²) in [5.41, 5.74) is 1.05. The fourth-order valence-corrected chi connectivity index (χ4v) is 2.45. The summed E-state index contributed by atoms with van der Waals surface area (Å²) in [6.45, 7) is 6.59. The van der Waals surface area contributed by atoms with Crippen LogP contribution in [0.15, 0.2) is 12.4 Å². The van der Waals surface area contributed by atoms with Gasteiger partial charge in [-0.25, -0.2) is 9.97 Å². The topological polar surface area (TPSA) is 29.0 Å². The molecule has 15 heavy (non-hydrogen) atoms. The average molecular weight is 205 g/mol. The average Bonchev–Trinajstić information content (AvgIpc) is 2.17. The Morgan fingerprint density at radius 2 is 1.87 bits per heavy atom. The summed E-state index contributed by atoms with van der Waals surface area (Å²) >= 11 is 0. The van der Waals surface area contributed by atoms with Crippen LogP contribution in [0.5, 0.6) is 0 Å². The predicted molar refractivity (Wildman–Crippen MR) is 62.0 cm³/mol. The lowest BCUT2D eigenvalue weighted by atomic mass is 9.97. The zero-order chi connectivity index (χ0) is 10.8. The highest BCUT2D eigenvalue weighted by molar-refractivity contribution is 5.41. The van der Waals surface area contributed by atoms with Crippen molar-refractivity contribution in [1.29, 1.82) is 0 Å². The van der Waals surface area contributed by atoms with Gasteiger partial charge in [0.15, 0.2) is 0 Å². The first-order chi connectivity index (χ1) is 7.18. The van der Waals surface area contributed by atoms with Gasteiger partial charge in [0.05, 0.1) is 0 Å². The zero-order valence-corrected chi connectivity index (χ0v) is 9.77. The Labute approximate surface area is 91.5 Å². The summed E-state index contributed by atoms with van der Waals surface area (Å²) in [5.74, 6) is 1.09. The van der Waals surface area contributed by atoms with Gasteiger partial charge in [0, 0.05) is 23.8 Å². The Kier molecular flexibility index (Phi) is 2.89. The molecule has 0 bridgehead atoms. The smallest absolute Gasteiger partial charge is 0.132 e. The number of nitrogens with zero attached hydrogens (tertiary/aromatic N) is 3. The van der Waals surface area contributed by atoms with E-state index < -0.39 is 0 Å². The maximum absolute atomic E-state index is 4.38. The number of aromatic nitrogens is 2. The van der Waals surface area contributed by atoms with Crippen LogP contribution in [0.4, 0.5) is 5.82 Å². The lowest BCUT2D eigenvalue weighted by Gasteiger charge is -2.40. The SMILES string of the molecule is Cc1cc(N2C(C)CCCC2C)ncn1. The van der Waals surface area contributed by atoms with E-state index in [-0.39, 0.29) is 0 Å². The maximum Gasteiger partial charge on any atom is 0.132 e. The summed E-state index contributed by atoms with van der Waals surface area (Å²) in [4.78, 5) is 11.0. The molecule has 0 aliphatic carbocycles. The van der Waals surface area contributed by atoms with Gasteiger partial charge < -0.3 is 4.90 Å². The van der Waals surface area contributed by atoms with Crippen molar-refractivity contribution in [3.63, 3.8) is 0 Å². The second kappa shape index (κ2) is 4.17. The zero-order valence-electron chi connectivity index (χ0n) is 9.77. The fraction of sp³-hybridized carbons (Fsp3) is 0.667. The van der Waals surface area contributed by atoms with E-state index in [1.54, 1.807) is 6.33 Å². The molecule has 2 heterocycles. The van der Waals surface area contributed by atoms with Crippen molar-refractivity contribution in [2.75, 3.05) is 4.90 Å². The Morgan fingerprint density at radius 3 is 2.47 bits per heavy atom. The molecule has 2 rings (SSSR count). The van der Waals surface area contributed by atoms with Crippen molar-refractivity contribution in [3.05, 3.63) is 18.1 Å². The van der Waals surface area contributed by atoms with Gasteiger partial charge >= 0.3 is 0 Å². The Bertz CT molecular complexity index is 327. The molecule has 0 N–H and O–H groups in total. The minimum absolute atomic E-state index is 0.600. The molecule has 0 radical (unpaired) electrons. The fourth-order valence-electron chi connectivity index (χ4n) is 2.45. The third-order valence-corrected chi connectivity index (χ3v) is 3.25. The summed E-state index contributed by atoms with van der Waals surface area (Å²) in [6, 6.07) is 3.28. The molecule has 1 aromatic rings. The molecule has 0 spiro atoms. The van der Waals surface area contributed by atoms with Gasteiger partial charge in [-0.15, -0.1) is 0 Å². The van der Waals surface area contributed by atoms with Crippen molar-refractivity contribution < 1.29 is 0 Å². The normalized spacial score (nSPS) is 26.7. The largest absolute Gasteiger partial charge is 0.351 e. The minimum atomic E-state index is 0.600. The number of rotatable bonds is 1. The molecule has 0 aromatic carbocycles. The third kappa shape index (κ3) is 2.11. The highest BCUT2D eigenvalue weighted by Gasteiger charge is 2.25. The van der Waals surface area contributed by atoms with Gasteiger partial charge in [0.2, 0.25) is 0 Å². The number of aryl methyl sites for hydroxylation is 1. The Hall–Kier alpha value is -1.12. The quantitative estimate of drug-likeness (QED) is 0.705. The van der Waals surface area contributed by atoms with Crippen molar-refractivity contribution in [2.45, 2.75) is 52.1 Å². The molecule has 3 nitrogen and oxygen atoms in total. The summed E-state index contributed by atoms with van der Waals surface area (Å²) < 4.78 is 0. The van der Waals surface area contributed by atoms with Crippen LogP contribution in [0.1, 0.15) is 38.8 Å². The lowest BCUT2D eigenvalue weighted by Crippen LogP contribution is -2.44. The van der Waals surface area contributed by atoms with Crippen molar-refractivity contribution in [2.24, 2.45) is 0 Å². The van der Waals surface area contributed by atoms with Gasteiger partial charge in [0.1, 0.15) is 12.1 Å². The highest BCUT2D eigenvalue weighted by atomic mass is 15.2. The number of hydrogen-bond donors (Lipinski definition) is 0. The van der Waals surface area contributed by atoms with E-state index in [0.717, 1.165) is 11.5 Å². The summed E-state index contributed by atoms with van der Waals surface area (Å²) in [6.07, 6.45) is 5.54. The van der Waals surface area contributed by atoms with Gasteiger partial charge in [-0.1, -0.05) is 0 Å². The first kappa shape index (κ1) is 10.4. The van der Waals surface area contributed by atoms with Crippen LogP contribution in [0, 0.1) is 6.92 Å². The molecular formula is C12H19N3. The van der Waals surface area contributed by atoms with E-state index in [0.29, 0.717) is 12.1 Å². The van der Waals surface area contributed by atoms with Crippen LogP contribution in [-0.2, 0) is 0 Å². The first-order valence-corrected chi connectivity index (χ1v) is 5.75. The van der Waals surface area contributed by atoms with Crippen LogP contribution in [0.2, 0.25) is 0 Å². The molecule has 2 unspecified atom stereocenters. The van der Waals surface area contributed by atoms with Crippen molar-refractivity contribution >= 4 is 5.82 Å². The van der Waals surface area contributed by atoms with Crippen LogP contribution >= 0.6 is 0 Å². The predicted octanol–water partition coefficient (Wildman–Crippen LogP) is 2.55. The molecule has 1 fully saturated rings. The molecule has 2 atom stereocenters. The Balaban J connectivity index is 2.27. The van der Waals surface area contributed by atoms with Gasteiger partial charge in [-0.2, -0.15) is 0 Å². The number of piperidine rings is 1. The van der Waals surface area contributed by atoms with E-state index in [2.05, 4.69) is 34.8 Å². The van der Waals surface area contributed by atoms with Crippen LogP contribution in [0.3, 0.4) is 0 Å². The molecule has 1 aliphatic rings. The standard InChI is InChI=1S/C12H19N3/c1-9-7-12(14-8-13-9)15-10(2)5-4-6-11(15)3/h7-8,10-11H,4-6H2,1-3H3. The van der Waals surface area contributed by atoms with Crippen molar-refractivity contribution in [1.82, 2.24) is 9.97 Å². The number of anilines is 1.